The van der Waals surface area contributed by atoms with Gasteiger partial charge in [0.1, 0.15) is 5.56 Å². The van der Waals surface area contributed by atoms with Gasteiger partial charge in [0.15, 0.2) is 12.4 Å². The topological polar surface area (TPSA) is 59.3 Å². The Bertz CT molecular complexity index is 662. The van der Waals surface area contributed by atoms with Gasteiger partial charge in [0.2, 0.25) is 6.54 Å². The molecule has 0 fully saturated rings. The Labute approximate surface area is 148 Å². The molecule has 0 aliphatic heterocycles. The summed E-state index contributed by atoms with van der Waals surface area (Å²) in [6.45, 7) is 2.58. The molecule has 1 aromatic carbocycles. The number of benzene rings is 1. The smallest absolute Gasteiger partial charge is 0.344 e. The summed E-state index contributed by atoms with van der Waals surface area (Å²) in [5.41, 5.74) is 1.18. The van der Waals surface area contributed by atoms with Crippen molar-refractivity contribution in [3.63, 3.8) is 0 Å². The van der Waals surface area contributed by atoms with Crippen LogP contribution in [0.1, 0.15) is 30.1 Å². The Balaban J connectivity index is 0.00000288. The van der Waals surface area contributed by atoms with Crippen molar-refractivity contribution >= 4 is 17.6 Å². The van der Waals surface area contributed by atoms with Crippen LogP contribution in [-0.4, -0.2) is 18.5 Å². The van der Waals surface area contributed by atoms with Gasteiger partial charge in [-0.25, -0.2) is 4.79 Å². The van der Waals surface area contributed by atoms with Crippen LogP contribution in [0.15, 0.2) is 54.9 Å². The minimum absolute atomic E-state index is 0. The molecule has 1 aromatic heterocycles. The van der Waals surface area contributed by atoms with Gasteiger partial charge in [0.25, 0.3) is 5.91 Å². The number of anilines is 1. The summed E-state index contributed by atoms with van der Waals surface area (Å²) >= 11 is 0. The van der Waals surface area contributed by atoms with E-state index in [2.05, 4.69) is 5.32 Å². The number of amides is 1. The van der Waals surface area contributed by atoms with E-state index in [0.717, 1.165) is 18.5 Å². The zero-order chi connectivity index (χ0) is 16.5. The van der Waals surface area contributed by atoms with Crippen molar-refractivity contribution in [3.8, 4) is 0 Å². The largest absolute Gasteiger partial charge is 1.00 e. The minimum Gasteiger partial charge on any atom is -1.00 e. The first kappa shape index (κ1) is 19.6. The number of esters is 1. The number of carbonyl (C=O) groups is 2. The van der Waals surface area contributed by atoms with Crippen LogP contribution in [0.5, 0.6) is 0 Å². The van der Waals surface area contributed by atoms with Crippen LogP contribution in [0.25, 0.3) is 0 Å². The Morgan fingerprint density at radius 2 is 1.88 bits per heavy atom. The summed E-state index contributed by atoms with van der Waals surface area (Å²) in [7, 11) is 0. The Morgan fingerprint density at radius 3 is 2.58 bits per heavy atom. The fourth-order valence-electron chi connectivity index (χ4n) is 2.02. The number of para-hydroxylation sites is 1. The third-order valence-corrected chi connectivity index (χ3v) is 3.21. The van der Waals surface area contributed by atoms with Crippen LogP contribution in [0.2, 0.25) is 0 Å². The average Bonchev–Trinajstić information content (AvgIpc) is 2.56. The molecule has 2 aromatic rings. The van der Waals surface area contributed by atoms with E-state index in [1.165, 1.54) is 0 Å². The van der Waals surface area contributed by atoms with Gasteiger partial charge in [-0.15, -0.1) is 0 Å². The lowest BCUT2D eigenvalue weighted by atomic mass is 10.3. The molecule has 5 nitrogen and oxygen atoms in total. The van der Waals surface area contributed by atoms with Crippen molar-refractivity contribution in [1.82, 2.24) is 0 Å². The predicted molar refractivity (Wildman–Crippen MR) is 86.9 cm³/mol. The number of pyridine rings is 1. The van der Waals surface area contributed by atoms with Crippen molar-refractivity contribution in [2.24, 2.45) is 0 Å². The van der Waals surface area contributed by atoms with Crippen molar-refractivity contribution in [3.05, 3.63) is 60.4 Å². The van der Waals surface area contributed by atoms with Crippen LogP contribution < -0.4 is 22.3 Å². The number of rotatable bonds is 7. The second kappa shape index (κ2) is 10.4. The summed E-state index contributed by atoms with van der Waals surface area (Å²) in [6.07, 6.45) is 5.19. The van der Waals surface area contributed by atoms with Gasteiger partial charge in [-0.2, -0.15) is 4.57 Å². The quantitative estimate of drug-likeness (QED) is 0.420. The van der Waals surface area contributed by atoms with Gasteiger partial charge in [-0.3, -0.25) is 4.79 Å². The number of carbonyl (C=O) groups excluding carboxylic acids is 2. The molecule has 0 unspecified atom stereocenters. The molecular formula is C18H21ClN2O3. The third-order valence-electron chi connectivity index (χ3n) is 3.21. The van der Waals surface area contributed by atoms with Crippen molar-refractivity contribution in [1.29, 1.82) is 0 Å². The number of hydrogen-bond acceptors (Lipinski definition) is 3. The van der Waals surface area contributed by atoms with E-state index in [4.69, 9.17) is 4.74 Å². The number of nitrogens with zero attached hydrogens (tertiary/aromatic N) is 1. The number of nitrogens with one attached hydrogen (secondary N) is 1. The lowest BCUT2D eigenvalue weighted by molar-refractivity contribution is -0.684. The lowest BCUT2D eigenvalue weighted by Crippen LogP contribution is -3.00. The SMILES string of the molecule is CCCCOC(=O)c1ccc[n+](CC(=O)Nc2ccccc2)c1.[Cl-]. The van der Waals surface area contributed by atoms with E-state index < -0.39 is 0 Å². The molecule has 1 amide bonds. The molecular weight excluding hydrogens is 328 g/mol. The van der Waals surface area contributed by atoms with Crippen molar-refractivity contribution in [2.45, 2.75) is 26.3 Å². The van der Waals surface area contributed by atoms with E-state index >= 15 is 0 Å². The molecule has 0 atom stereocenters. The van der Waals surface area contributed by atoms with Gasteiger partial charge >= 0.3 is 5.97 Å². The van der Waals surface area contributed by atoms with Crippen LogP contribution in [-0.2, 0) is 16.1 Å². The molecule has 0 radical (unpaired) electrons. The number of halogens is 1. The minimum atomic E-state index is -0.365. The van der Waals surface area contributed by atoms with Crippen LogP contribution in [0.4, 0.5) is 5.69 Å². The van der Waals surface area contributed by atoms with E-state index in [0.29, 0.717) is 12.2 Å². The molecule has 0 saturated heterocycles. The maximum absolute atomic E-state index is 12.0. The van der Waals surface area contributed by atoms with Gasteiger partial charge in [0, 0.05) is 11.8 Å². The lowest BCUT2D eigenvalue weighted by Gasteiger charge is -2.04. The molecule has 1 heterocycles. The summed E-state index contributed by atoms with van der Waals surface area (Å²) in [5.74, 6) is -0.519. The Kier molecular flexibility index (Phi) is 8.50. The van der Waals surface area contributed by atoms with Crippen molar-refractivity contribution in [2.75, 3.05) is 11.9 Å². The second-order valence-electron chi connectivity index (χ2n) is 5.17. The van der Waals surface area contributed by atoms with Gasteiger partial charge in [0.05, 0.1) is 6.61 Å². The predicted octanol–water partition coefficient (Wildman–Crippen LogP) is -0.426. The molecule has 0 aliphatic carbocycles. The molecule has 2 rings (SSSR count). The maximum atomic E-state index is 12.0. The molecule has 0 bridgehead atoms. The normalized spacial score (nSPS) is 9.71. The molecule has 6 heteroatoms. The van der Waals surface area contributed by atoms with Gasteiger partial charge in [-0.05, 0) is 24.6 Å². The molecule has 128 valence electrons. The summed E-state index contributed by atoms with van der Waals surface area (Å²) in [4.78, 5) is 23.9. The monoisotopic (exact) mass is 348 g/mol. The summed E-state index contributed by atoms with van der Waals surface area (Å²) in [5, 5.41) is 2.81. The highest BCUT2D eigenvalue weighted by molar-refractivity contribution is 5.90. The number of aromatic nitrogens is 1. The van der Waals surface area contributed by atoms with E-state index in [1.54, 1.807) is 29.1 Å². The molecule has 24 heavy (non-hydrogen) atoms. The average molecular weight is 349 g/mol. The standard InChI is InChI=1S/C18H20N2O3.ClH/c1-2-3-12-23-18(22)15-8-7-11-20(13-15)14-17(21)19-16-9-5-4-6-10-16;/h4-11,13H,2-3,12,14H2,1H3;1H. The highest BCUT2D eigenvalue weighted by atomic mass is 35.5. The second-order valence-corrected chi connectivity index (χ2v) is 5.17. The number of ether oxygens (including phenoxy) is 1. The first-order chi connectivity index (χ1) is 11.2. The van der Waals surface area contributed by atoms with Gasteiger partial charge < -0.3 is 22.5 Å². The highest BCUT2D eigenvalue weighted by Gasteiger charge is 2.14. The summed E-state index contributed by atoms with van der Waals surface area (Å²) < 4.78 is 6.83. The highest BCUT2D eigenvalue weighted by Crippen LogP contribution is 2.04. The first-order valence-electron chi connectivity index (χ1n) is 7.70. The zero-order valence-corrected chi connectivity index (χ0v) is 14.3. The van der Waals surface area contributed by atoms with Crippen LogP contribution in [0, 0.1) is 0 Å². The molecule has 0 saturated carbocycles. The van der Waals surface area contributed by atoms with E-state index in [9.17, 15) is 9.59 Å². The summed E-state index contributed by atoms with van der Waals surface area (Å²) in [6, 6.07) is 12.7. The van der Waals surface area contributed by atoms with Crippen LogP contribution >= 0.6 is 0 Å². The fourth-order valence-corrected chi connectivity index (χ4v) is 2.02. The van der Waals surface area contributed by atoms with Crippen LogP contribution in [0.3, 0.4) is 0 Å². The maximum Gasteiger partial charge on any atom is 0.344 e. The third kappa shape index (κ3) is 6.38. The molecule has 1 N–H and O–H groups in total. The fraction of sp³-hybridized carbons (Fsp3) is 0.278. The first-order valence-corrected chi connectivity index (χ1v) is 7.70. The van der Waals surface area contributed by atoms with Gasteiger partial charge in [-0.1, -0.05) is 31.5 Å². The van der Waals surface area contributed by atoms with E-state index in [-0.39, 0.29) is 30.8 Å². The van der Waals surface area contributed by atoms with Crippen molar-refractivity contribution < 1.29 is 31.3 Å². The Morgan fingerprint density at radius 1 is 1.12 bits per heavy atom. The molecule has 0 spiro atoms. The Hall–Kier alpha value is -2.40. The van der Waals surface area contributed by atoms with E-state index in [1.807, 2.05) is 37.3 Å². The molecule has 0 aliphatic rings. The zero-order valence-electron chi connectivity index (χ0n) is 13.6. The number of unbranched alkanes of at least 4 members (excludes halogenated alkanes) is 1. The number of hydrogen-bond donors (Lipinski definition) is 1.